The lowest BCUT2D eigenvalue weighted by atomic mass is 10.1. The van der Waals surface area contributed by atoms with Crippen LogP contribution in [0.5, 0.6) is 11.5 Å². The average Bonchev–Trinajstić information content (AvgIpc) is 3.13. The Morgan fingerprint density at radius 2 is 1.92 bits per heavy atom. The summed E-state index contributed by atoms with van der Waals surface area (Å²) in [5.74, 6) is 2.01. The molecule has 26 heavy (non-hydrogen) atoms. The molecule has 0 radical (unpaired) electrons. The van der Waals surface area contributed by atoms with Crippen molar-refractivity contribution in [2.75, 3.05) is 19.5 Å². The molecule has 132 valence electrons. The largest absolute Gasteiger partial charge is 0.497 e. The van der Waals surface area contributed by atoms with Crippen LogP contribution in [0.1, 0.15) is 15.2 Å². The van der Waals surface area contributed by atoms with Gasteiger partial charge in [0, 0.05) is 27.2 Å². The number of carbonyl (C=O) groups excluding carboxylic acids is 1. The van der Waals surface area contributed by atoms with Crippen molar-refractivity contribution < 1.29 is 14.3 Å². The van der Waals surface area contributed by atoms with Crippen molar-refractivity contribution >= 4 is 34.7 Å². The number of thiophene rings is 1. The van der Waals surface area contributed by atoms with E-state index in [1.54, 1.807) is 32.4 Å². The molecule has 1 amide bonds. The molecule has 6 heteroatoms. The summed E-state index contributed by atoms with van der Waals surface area (Å²) < 4.78 is 10.6. The van der Waals surface area contributed by atoms with E-state index in [2.05, 4.69) is 17.4 Å². The lowest BCUT2D eigenvalue weighted by Crippen LogP contribution is -2.11. The van der Waals surface area contributed by atoms with E-state index in [9.17, 15) is 4.79 Å². The minimum atomic E-state index is -0.140. The van der Waals surface area contributed by atoms with Crippen LogP contribution in [0.2, 0.25) is 0 Å². The normalized spacial score (nSPS) is 12.1. The number of hydrogen-bond acceptors (Lipinski definition) is 5. The zero-order valence-corrected chi connectivity index (χ0v) is 16.0. The Kier molecular flexibility index (Phi) is 4.61. The van der Waals surface area contributed by atoms with Gasteiger partial charge in [-0.2, -0.15) is 0 Å². The lowest BCUT2D eigenvalue weighted by Gasteiger charge is -2.14. The summed E-state index contributed by atoms with van der Waals surface area (Å²) in [7, 11) is 3.17. The average molecular weight is 383 g/mol. The second-order valence-corrected chi connectivity index (χ2v) is 7.84. The molecular formula is C20H17NO3S2. The van der Waals surface area contributed by atoms with Crippen LogP contribution < -0.4 is 14.8 Å². The van der Waals surface area contributed by atoms with E-state index >= 15 is 0 Å². The summed E-state index contributed by atoms with van der Waals surface area (Å²) in [4.78, 5) is 15.9. The van der Waals surface area contributed by atoms with E-state index in [-0.39, 0.29) is 5.91 Å². The molecule has 2 aromatic carbocycles. The molecule has 1 aliphatic heterocycles. The van der Waals surface area contributed by atoms with Crippen LogP contribution in [0.15, 0.2) is 53.4 Å². The van der Waals surface area contributed by atoms with Gasteiger partial charge in [-0.1, -0.05) is 18.2 Å². The summed E-state index contributed by atoms with van der Waals surface area (Å²) in [5.41, 5.74) is 3.02. The zero-order valence-electron chi connectivity index (χ0n) is 14.4. The topological polar surface area (TPSA) is 47.6 Å². The molecule has 0 saturated heterocycles. The van der Waals surface area contributed by atoms with E-state index in [0.717, 1.165) is 5.75 Å². The highest BCUT2D eigenvalue weighted by Crippen LogP contribution is 2.45. The van der Waals surface area contributed by atoms with Crippen LogP contribution in [0, 0.1) is 0 Å². The van der Waals surface area contributed by atoms with Crippen molar-refractivity contribution in [2.45, 2.75) is 10.6 Å². The summed E-state index contributed by atoms with van der Waals surface area (Å²) in [6.07, 6.45) is 0. The number of fused-ring (bicyclic) bond motifs is 3. The van der Waals surface area contributed by atoms with Crippen LogP contribution in [0.4, 0.5) is 5.69 Å². The predicted molar refractivity (Wildman–Crippen MR) is 107 cm³/mol. The van der Waals surface area contributed by atoms with Gasteiger partial charge in [-0.3, -0.25) is 4.79 Å². The summed E-state index contributed by atoms with van der Waals surface area (Å²) in [5, 5.41) is 2.95. The molecule has 0 unspecified atom stereocenters. The minimum Gasteiger partial charge on any atom is -0.497 e. The second-order valence-electron chi connectivity index (χ2n) is 5.77. The first-order chi connectivity index (χ1) is 12.7. The summed E-state index contributed by atoms with van der Waals surface area (Å²) >= 11 is 3.34. The van der Waals surface area contributed by atoms with Crippen molar-refractivity contribution in [3.8, 4) is 21.9 Å². The van der Waals surface area contributed by atoms with E-state index < -0.39 is 0 Å². The maximum atomic E-state index is 12.8. The zero-order chi connectivity index (χ0) is 18.1. The van der Waals surface area contributed by atoms with E-state index in [1.165, 1.54) is 32.2 Å². The number of methoxy groups -OCH3 is 2. The molecule has 0 bridgehead atoms. The number of anilines is 1. The number of amides is 1. The maximum Gasteiger partial charge on any atom is 0.265 e. The highest BCUT2D eigenvalue weighted by molar-refractivity contribution is 7.98. The van der Waals surface area contributed by atoms with Gasteiger partial charge in [0.1, 0.15) is 11.5 Å². The van der Waals surface area contributed by atoms with Crippen LogP contribution >= 0.6 is 23.1 Å². The van der Waals surface area contributed by atoms with Crippen molar-refractivity contribution in [1.82, 2.24) is 0 Å². The van der Waals surface area contributed by atoms with Gasteiger partial charge >= 0.3 is 0 Å². The number of benzene rings is 2. The molecule has 1 N–H and O–H groups in total. The van der Waals surface area contributed by atoms with Gasteiger partial charge in [0.25, 0.3) is 5.91 Å². The number of carbonyl (C=O) groups is 1. The number of hydrogen-bond donors (Lipinski definition) is 1. The van der Waals surface area contributed by atoms with Gasteiger partial charge < -0.3 is 14.8 Å². The fourth-order valence-electron chi connectivity index (χ4n) is 2.91. The SMILES string of the molecule is COc1ccc(OC)c(NC(=O)c2cc3c(s2)-c2ccccc2SC3)c1. The van der Waals surface area contributed by atoms with E-state index in [0.29, 0.717) is 22.1 Å². The minimum absolute atomic E-state index is 0.140. The second kappa shape index (κ2) is 7.05. The molecule has 4 rings (SSSR count). The standard InChI is InChI=1S/C20H17NO3S2/c1-23-13-7-8-16(24-2)15(10-13)21-20(22)18-9-12-11-25-17-6-4-3-5-14(17)19(12)26-18/h3-10H,11H2,1-2H3,(H,21,22). The molecule has 0 atom stereocenters. The van der Waals surface area contributed by atoms with Gasteiger partial charge in [0.15, 0.2) is 0 Å². The van der Waals surface area contributed by atoms with Crippen LogP contribution in [0.25, 0.3) is 10.4 Å². The first-order valence-electron chi connectivity index (χ1n) is 8.08. The molecule has 0 spiro atoms. The third-order valence-electron chi connectivity index (χ3n) is 4.20. The van der Waals surface area contributed by atoms with Gasteiger partial charge in [0.05, 0.1) is 24.8 Å². The third-order valence-corrected chi connectivity index (χ3v) is 6.53. The smallest absolute Gasteiger partial charge is 0.265 e. The first kappa shape index (κ1) is 17.0. The Bertz CT molecular complexity index is 981. The molecular weight excluding hydrogens is 366 g/mol. The number of nitrogens with one attached hydrogen (secondary N) is 1. The molecule has 0 fully saturated rings. The molecule has 4 nitrogen and oxygen atoms in total. The van der Waals surface area contributed by atoms with Gasteiger partial charge in [-0.05, 0) is 29.8 Å². The molecule has 2 heterocycles. The van der Waals surface area contributed by atoms with Gasteiger partial charge in [0.2, 0.25) is 0 Å². The Labute approximate surface area is 160 Å². The quantitative estimate of drug-likeness (QED) is 0.665. The first-order valence-corrected chi connectivity index (χ1v) is 9.88. The summed E-state index contributed by atoms with van der Waals surface area (Å²) in [6, 6.07) is 15.7. The van der Waals surface area contributed by atoms with Crippen LogP contribution in [-0.4, -0.2) is 20.1 Å². The fourth-order valence-corrected chi connectivity index (χ4v) is 5.22. The van der Waals surface area contributed by atoms with Gasteiger partial charge in [-0.15, -0.1) is 23.1 Å². The predicted octanol–water partition coefficient (Wildman–Crippen LogP) is 5.29. The molecule has 3 aromatic rings. The molecule has 1 aliphatic rings. The van der Waals surface area contributed by atoms with Crippen LogP contribution in [0.3, 0.4) is 0 Å². The van der Waals surface area contributed by atoms with E-state index in [1.807, 2.05) is 30.0 Å². The monoisotopic (exact) mass is 383 g/mol. The van der Waals surface area contributed by atoms with Crippen molar-refractivity contribution in [3.63, 3.8) is 0 Å². The molecule has 0 aliphatic carbocycles. The lowest BCUT2D eigenvalue weighted by molar-refractivity contribution is 0.103. The number of ether oxygens (including phenoxy) is 2. The van der Waals surface area contributed by atoms with Crippen molar-refractivity contribution in [2.24, 2.45) is 0 Å². The van der Waals surface area contributed by atoms with Crippen LogP contribution in [-0.2, 0) is 5.75 Å². The highest BCUT2D eigenvalue weighted by atomic mass is 32.2. The number of rotatable bonds is 4. The Hall–Kier alpha value is -2.44. The Morgan fingerprint density at radius 1 is 1.08 bits per heavy atom. The molecule has 0 saturated carbocycles. The maximum absolute atomic E-state index is 12.8. The highest BCUT2D eigenvalue weighted by Gasteiger charge is 2.22. The Balaban J connectivity index is 1.64. The van der Waals surface area contributed by atoms with Crippen molar-refractivity contribution in [1.29, 1.82) is 0 Å². The third kappa shape index (κ3) is 3.06. The Morgan fingerprint density at radius 3 is 2.73 bits per heavy atom. The summed E-state index contributed by atoms with van der Waals surface area (Å²) in [6.45, 7) is 0. The fraction of sp³-hybridized carbons (Fsp3) is 0.150. The molecule has 1 aromatic heterocycles. The number of thioether (sulfide) groups is 1. The van der Waals surface area contributed by atoms with Gasteiger partial charge in [-0.25, -0.2) is 0 Å². The van der Waals surface area contributed by atoms with E-state index in [4.69, 9.17) is 9.47 Å². The van der Waals surface area contributed by atoms with Crippen molar-refractivity contribution in [3.05, 3.63) is 59.0 Å².